The molecule has 5 nitrogen and oxygen atoms in total. The molecule has 0 aromatic carbocycles. The van der Waals surface area contributed by atoms with E-state index in [0.29, 0.717) is 0 Å². The monoisotopic (exact) mass is 261 g/mol. The van der Waals surface area contributed by atoms with Crippen molar-refractivity contribution < 1.29 is 0 Å². The van der Waals surface area contributed by atoms with Crippen LogP contribution >= 0.6 is 0 Å². The van der Waals surface area contributed by atoms with E-state index in [9.17, 15) is 0 Å². The third kappa shape index (κ3) is 3.04. The van der Waals surface area contributed by atoms with Gasteiger partial charge in [-0.15, -0.1) is 0 Å². The topological polar surface area (TPSA) is 47.7 Å². The molecule has 5 heteroatoms. The van der Waals surface area contributed by atoms with Crippen LogP contribution in [0.4, 0.5) is 0 Å². The molecule has 2 aromatic rings. The quantitative estimate of drug-likeness (QED) is 0.861. The summed E-state index contributed by atoms with van der Waals surface area (Å²) in [6.07, 6.45) is 7.81. The molecule has 0 saturated heterocycles. The second-order valence-corrected chi connectivity index (χ2v) is 4.97. The van der Waals surface area contributed by atoms with Gasteiger partial charge in [0.15, 0.2) is 0 Å². The molecule has 0 aliphatic rings. The SMILES string of the molecule is CCCNC(Cc1nccn1C)c1cnn(C)c1C. The first-order valence-corrected chi connectivity index (χ1v) is 6.81. The van der Waals surface area contributed by atoms with E-state index < -0.39 is 0 Å². The molecule has 0 radical (unpaired) electrons. The molecule has 2 rings (SSSR count). The van der Waals surface area contributed by atoms with Crippen LogP contribution in [-0.2, 0) is 20.5 Å². The summed E-state index contributed by atoms with van der Waals surface area (Å²) in [7, 11) is 4.02. The maximum Gasteiger partial charge on any atom is 0.110 e. The van der Waals surface area contributed by atoms with Crippen LogP contribution in [0.2, 0.25) is 0 Å². The number of aromatic nitrogens is 4. The lowest BCUT2D eigenvalue weighted by Gasteiger charge is -2.18. The van der Waals surface area contributed by atoms with E-state index >= 15 is 0 Å². The fourth-order valence-corrected chi connectivity index (χ4v) is 2.24. The fourth-order valence-electron chi connectivity index (χ4n) is 2.24. The van der Waals surface area contributed by atoms with E-state index in [1.807, 2.05) is 37.4 Å². The van der Waals surface area contributed by atoms with Gasteiger partial charge in [-0.05, 0) is 19.9 Å². The normalized spacial score (nSPS) is 12.8. The minimum Gasteiger partial charge on any atom is -0.338 e. The first kappa shape index (κ1) is 13.8. The number of nitrogens with zero attached hydrogens (tertiary/aromatic N) is 4. The Morgan fingerprint density at radius 3 is 2.68 bits per heavy atom. The van der Waals surface area contributed by atoms with E-state index in [0.717, 1.165) is 25.2 Å². The van der Waals surface area contributed by atoms with Crippen molar-refractivity contribution in [3.05, 3.63) is 35.7 Å². The number of imidazole rings is 1. The number of hydrogen-bond donors (Lipinski definition) is 1. The Labute approximate surface area is 114 Å². The van der Waals surface area contributed by atoms with Gasteiger partial charge in [0.1, 0.15) is 5.82 Å². The smallest absolute Gasteiger partial charge is 0.110 e. The van der Waals surface area contributed by atoms with Gasteiger partial charge in [-0.1, -0.05) is 6.92 Å². The number of hydrogen-bond acceptors (Lipinski definition) is 3. The Balaban J connectivity index is 2.21. The van der Waals surface area contributed by atoms with Crippen molar-refractivity contribution in [2.24, 2.45) is 14.1 Å². The van der Waals surface area contributed by atoms with E-state index in [1.165, 1.54) is 11.3 Å². The van der Waals surface area contributed by atoms with E-state index in [2.05, 4.69) is 33.8 Å². The van der Waals surface area contributed by atoms with Gasteiger partial charge in [0.05, 0.1) is 6.20 Å². The Morgan fingerprint density at radius 1 is 1.37 bits per heavy atom. The van der Waals surface area contributed by atoms with Gasteiger partial charge < -0.3 is 9.88 Å². The second-order valence-electron chi connectivity index (χ2n) is 4.97. The molecule has 0 aliphatic heterocycles. The highest BCUT2D eigenvalue weighted by atomic mass is 15.3. The lowest BCUT2D eigenvalue weighted by Crippen LogP contribution is -2.25. The Hall–Kier alpha value is -1.62. The van der Waals surface area contributed by atoms with Crippen molar-refractivity contribution >= 4 is 0 Å². The predicted octanol–water partition coefficient (Wildman–Crippen LogP) is 1.75. The van der Waals surface area contributed by atoms with Gasteiger partial charge in [0.2, 0.25) is 0 Å². The Morgan fingerprint density at radius 2 is 2.16 bits per heavy atom. The minimum absolute atomic E-state index is 0.273. The van der Waals surface area contributed by atoms with Crippen molar-refractivity contribution in [3.8, 4) is 0 Å². The molecule has 1 unspecified atom stereocenters. The van der Waals surface area contributed by atoms with Crippen molar-refractivity contribution in [1.29, 1.82) is 0 Å². The maximum atomic E-state index is 4.42. The van der Waals surface area contributed by atoms with Gasteiger partial charge >= 0.3 is 0 Å². The summed E-state index contributed by atoms with van der Waals surface area (Å²) in [6, 6.07) is 0.273. The number of aryl methyl sites for hydroxylation is 2. The third-order valence-electron chi connectivity index (χ3n) is 3.60. The van der Waals surface area contributed by atoms with Gasteiger partial charge in [0.25, 0.3) is 0 Å². The Bertz CT molecular complexity index is 526. The van der Waals surface area contributed by atoms with Crippen molar-refractivity contribution in [3.63, 3.8) is 0 Å². The van der Waals surface area contributed by atoms with Crippen LogP contribution in [0.1, 0.15) is 36.5 Å². The maximum absolute atomic E-state index is 4.42. The molecule has 0 amide bonds. The summed E-state index contributed by atoms with van der Waals surface area (Å²) in [5, 5.41) is 7.95. The lowest BCUT2D eigenvalue weighted by molar-refractivity contribution is 0.509. The van der Waals surface area contributed by atoms with Gasteiger partial charge in [-0.3, -0.25) is 4.68 Å². The standard InChI is InChI=1S/C14H23N5/c1-5-6-15-13(9-14-16-7-8-18(14)3)12-10-17-19(4)11(12)2/h7-8,10,13,15H,5-6,9H2,1-4H3. The molecule has 0 fully saturated rings. The van der Waals surface area contributed by atoms with Crippen molar-refractivity contribution in [2.45, 2.75) is 32.7 Å². The highest BCUT2D eigenvalue weighted by Gasteiger charge is 2.18. The van der Waals surface area contributed by atoms with Crippen LogP contribution in [0.25, 0.3) is 0 Å². The van der Waals surface area contributed by atoms with Crippen LogP contribution in [0.3, 0.4) is 0 Å². The second kappa shape index (κ2) is 6.02. The first-order valence-electron chi connectivity index (χ1n) is 6.81. The number of nitrogens with one attached hydrogen (secondary N) is 1. The highest BCUT2D eigenvalue weighted by Crippen LogP contribution is 2.20. The summed E-state index contributed by atoms with van der Waals surface area (Å²) in [6.45, 7) is 5.30. The molecule has 1 N–H and O–H groups in total. The molecule has 0 saturated carbocycles. The highest BCUT2D eigenvalue weighted by molar-refractivity contribution is 5.22. The molecule has 2 heterocycles. The minimum atomic E-state index is 0.273. The predicted molar refractivity (Wildman–Crippen MR) is 75.9 cm³/mol. The number of rotatable bonds is 6. The summed E-state index contributed by atoms with van der Waals surface area (Å²) in [5.41, 5.74) is 2.47. The van der Waals surface area contributed by atoms with Crippen LogP contribution < -0.4 is 5.32 Å². The zero-order valence-electron chi connectivity index (χ0n) is 12.2. The molecule has 1 atom stereocenters. The first-order chi connectivity index (χ1) is 9.13. The molecule has 2 aromatic heterocycles. The van der Waals surface area contributed by atoms with Crippen LogP contribution in [0.5, 0.6) is 0 Å². The molecular formula is C14H23N5. The van der Waals surface area contributed by atoms with Crippen molar-refractivity contribution in [1.82, 2.24) is 24.6 Å². The average Bonchev–Trinajstić information content (AvgIpc) is 2.94. The zero-order chi connectivity index (χ0) is 13.8. The van der Waals surface area contributed by atoms with Crippen LogP contribution in [0.15, 0.2) is 18.6 Å². The molecule has 0 bridgehead atoms. The van der Waals surface area contributed by atoms with Crippen LogP contribution in [0, 0.1) is 6.92 Å². The third-order valence-corrected chi connectivity index (χ3v) is 3.60. The van der Waals surface area contributed by atoms with Crippen LogP contribution in [-0.4, -0.2) is 25.9 Å². The molecule has 19 heavy (non-hydrogen) atoms. The molecule has 104 valence electrons. The Kier molecular flexibility index (Phi) is 4.37. The van der Waals surface area contributed by atoms with E-state index in [-0.39, 0.29) is 6.04 Å². The largest absolute Gasteiger partial charge is 0.338 e. The van der Waals surface area contributed by atoms with Gasteiger partial charge in [-0.2, -0.15) is 5.10 Å². The van der Waals surface area contributed by atoms with E-state index in [4.69, 9.17) is 0 Å². The average molecular weight is 261 g/mol. The van der Waals surface area contributed by atoms with Gasteiger partial charge in [0, 0.05) is 50.2 Å². The zero-order valence-corrected chi connectivity index (χ0v) is 12.2. The lowest BCUT2D eigenvalue weighted by atomic mass is 10.0. The molecule has 0 spiro atoms. The summed E-state index contributed by atoms with van der Waals surface area (Å²) in [5.74, 6) is 1.09. The molecular weight excluding hydrogens is 238 g/mol. The summed E-state index contributed by atoms with van der Waals surface area (Å²) in [4.78, 5) is 4.42. The molecule has 0 aliphatic carbocycles. The van der Waals surface area contributed by atoms with Gasteiger partial charge in [-0.25, -0.2) is 4.98 Å². The summed E-state index contributed by atoms with van der Waals surface area (Å²) < 4.78 is 4.00. The van der Waals surface area contributed by atoms with E-state index in [1.54, 1.807) is 0 Å². The summed E-state index contributed by atoms with van der Waals surface area (Å²) >= 11 is 0. The fraction of sp³-hybridized carbons (Fsp3) is 0.571. The van der Waals surface area contributed by atoms with Crippen molar-refractivity contribution in [2.75, 3.05) is 6.54 Å².